The third kappa shape index (κ3) is 4.75. The molecular formula is C15H18N2O8S. The van der Waals surface area contributed by atoms with Crippen LogP contribution in [0.1, 0.15) is 31.6 Å². The SMILES string of the molecule is CC(=O)OC[C@H]1SC(c2c[nH]c(=O)[nH]c2=O)[C@H](OC(C)=O)[C@@H]1OC(C)=O. The minimum absolute atomic E-state index is 0.104. The monoisotopic (exact) mass is 386 g/mol. The molecule has 0 bridgehead atoms. The quantitative estimate of drug-likeness (QED) is 0.512. The van der Waals surface area contributed by atoms with E-state index < -0.39 is 51.9 Å². The molecule has 2 N–H and O–H groups in total. The van der Waals surface area contributed by atoms with Crippen molar-refractivity contribution in [3.05, 3.63) is 32.6 Å². The molecule has 4 atom stereocenters. The first-order chi connectivity index (χ1) is 12.2. The summed E-state index contributed by atoms with van der Waals surface area (Å²) >= 11 is 1.15. The molecule has 1 saturated heterocycles. The van der Waals surface area contributed by atoms with Gasteiger partial charge in [-0.25, -0.2) is 4.79 Å². The number of esters is 3. The lowest BCUT2D eigenvalue weighted by Crippen LogP contribution is -2.40. The van der Waals surface area contributed by atoms with Crippen molar-refractivity contribution in [3.8, 4) is 0 Å². The summed E-state index contributed by atoms with van der Waals surface area (Å²) < 4.78 is 15.6. The second-order valence-electron chi connectivity index (χ2n) is 5.57. The largest absolute Gasteiger partial charge is 0.465 e. The molecule has 10 nitrogen and oxygen atoms in total. The molecule has 1 aliphatic rings. The molecule has 1 unspecified atom stereocenters. The van der Waals surface area contributed by atoms with E-state index in [1.807, 2.05) is 0 Å². The van der Waals surface area contributed by atoms with E-state index in [0.29, 0.717) is 0 Å². The summed E-state index contributed by atoms with van der Waals surface area (Å²) in [5.41, 5.74) is -1.19. The summed E-state index contributed by atoms with van der Waals surface area (Å²) in [4.78, 5) is 61.9. The van der Waals surface area contributed by atoms with Crippen LogP contribution in [0.25, 0.3) is 0 Å². The van der Waals surface area contributed by atoms with Gasteiger partial charge in [-0.2, -0.15) is 0 Å². The molecule has 1 aromatic rings. The van der Waals surface area contributed by atoms with Gasteiger partial charge in [-0.05, 0) is 0 Å². The number of carbonyl (C=O) groups is 3. The second kappa shape index (κ2) is 8.21. The summed E-state index contributed by atoms with van der Waals surface area (Å²) in [5.74, 6) is -1.77. The van der Waals surface area contributed by atoms with Crippen molar-refractivity contribution in [3.63, 3.8) is 0 Å². The Labute approximate surface area is 151 Å². The molecule has 2 rings (SSSR count). The van der Waals surface area contributed by atoms with Gasteiger partial charge in [0.25, 0.3) is 5.56 Å². The Morgan fingerprint density at radius 1 is 1.04 bits per heavy atom. The van der Waals surface area contributed by atoms with Crippen molar-refractivity contribution in [2.24, 2.45) is 0 Å². The highest BCUT2D eigenvalue weighted by Gasteiger charge is 2.50. The molecule has 0 aromatic carbocycles. The number of hydrogen-bond donors (Lipinski definition) is 2. The van der Waals surface area contributed by atoms with Gasteiger partial charge in [0.1, 0.15) is 6.61 Å². The normalized spacial score (nSPS) is 24.7. The van der Waals surface area contributed by atoms with Gasteiger partial charge in [-0.1, -0.05) is 0 Å². The topological polar surface area (TPSA) is 145 Å². The molecule has 0 aliphatic carbocycles. The van der Waals surface area contributed by atoms with Gasteiger partial charge in [0.05, 0.1) is 16.1 Å². The zero-order chi connectivity index (χ0) is 19.4. The maximum atomic E-state index is 12.1. The highest BCUT2D eigenvalue weighted by Crippen LogP contribution is 2.47. The Hall–Kier alpha value is -2.56. The van der Waals surface area contributed by atoms with Gasteiger partial charge in [-0.3, -0.25) is 24.2 Å². The Morgan fingerprint density at radius 2 is 1.65 bits per heavy atom. The lowest BCUT2D eigenvalue weighted by atomic mass is 10.0. The summed E-state index contributed by atoms with van der Waals surface area (Å²) in [6, 6.07) is 0. The van der Waals surface area contributed by atoms with Gasteiger partial charge in [-0.15, -0.1) is 11.8 Å². The number of rotatable bonds is 5. The Bertz CT molecular complexity index is 816. The first-order valence-electron chi connectivity index (χ1n) is 7.64. The van der Waals surface area contributed by atoms with Crippen molar-refractivity contribution >= 4 is 29.7 Å². The number of carbonyl (C=O) groups excluding carboxylic acids is 3. The van der Waals surface area contributed by atoms with Crippen LogP contribution in [0.4, 0.5) is 0 Å². The van der Waals surface area contributed by atoms with E-state index in [0.717, 1.165) is 11.8 Å². The van der Waals surface area contributed by atoms with E-state index in [-0.39, 0.29) is 12.2 Å². The Kier molecular flexibility index (Phi) is 6.24. The van der Waals surface area contributed by atoms with E-state index >= 15 is 0 Å². The van der Waals surface area contributed by atoms with Gasteiger partial charge < -0.3 is 19.2 Å². The fraction of sp³-hybridized carbons (Fsp3) is 0.533. The highest BCUT2D eigenvalue weighted by molar-refractivity contribution is 8.00. The van der Waals surface area contributed by atoms with E-state index in [2.05, 4.69) is 9.97 Å². The number of ether oxygens (including phenoxy) is 3. The van der Waals surface area contributed by atoms with Crippen molar-refractivity contribution in [1.29, 1.82) is 0 Å². The molecule has 0 amide bonds. The fourth-order valence-electron chi connectivity index (χ4n) is 2.60. The minimum atomic E-state index is -0.992. The van der Waals surface area contributed by atoms with Crippen LogP contribution in [0.5, 0.6) is 0 Å². The zero-order valence-corrected chi connectivity index (χ0v) is 15.1. The predicted octanol–water partition coefficient (Wildman–Crippen LogP) is -0.354. The number of thioether (sulfide) groups is 1. The average molecular weight is 386 g/mol. The van der Waals surface area contributed by atoms with E-state index in [4.69, 9.17) is 14.2 Å². The number of aromatic nitrogens is 2. The Morgan fingerprint density at radius 3 is 2.19 bits per heavy atom. The predicted molar refractivity (Wildman–Crippen MR) is 89.5 cm³/mol. The van der Waals surface area contributed by atoms with Crippen LogP contribution < -0.4 is 11.2 Å². The highest BCUT2D eigenvalue weighted by atomic mass is 32.2. The molecule has 1 aromatic heterocycles. The molecule has 142 valence electrons. The van der Waals surface area contributed by atoms with Crippen molar-refractivity contribution in [2.45, 2.75) is 43.5 Å². The van der Waals surface area contributed by atoms with E-state index in [1.54, 1.807) is 0 Å². The first-order valence-corrected chi connectivity index (χ1v) is 8.58. The number of aromatic amines is 2. The van der Waals surface area contributed by atoms with Crippen LogP contribution in [0, 0.1) is 0 Å². The van der Waals surface area contributed by atoms with Crippen molar-refractivity contribution in [2.75, 3.05) is 6.61 Å². The number of nitrogens with one attached hydrogen (secondary N) is 2. The summed E-state index contributed by atoms with van der Waals surface area (Å²) in [5, 5.41) is -1.30. The van der Waals surface area contributed by atoms with Crippen LogP contribution in [-0.2, 0) is 28.6 Å². The molecule has 1 fully saturated rings. The van der Waals surface area contributed by atoms with Gasteiger partial charge >= 0.3 is 23.6 Å². The maximum absolute atomic E-state index is 12.1. The van der Waals surface area contributed by atoms with Crippen LogP contribution in [0.2, 0.25) is 0 Å². The molecule has 26 heavy (non-hydrogen) atoms. The van der Waals surface area contributed by atoms with Crippen molar-refractivity contribution in [1.82, 2.24) is 9.97 Å². The molecule has 2 heterocycles. The molecule has 0 radical (unpaired) electrons. The molecule has 11 heteroatoms. The second-order valence-corrected chi connectivity index (χ2v) is 6.96. The van der Waals surface area contributed by atoms with E-state index in [9.17, 15) is 24.0 Å². The average Bonchev–Trinajstić information content (AvgIpc) is 2.82. The van der Waals surface area contributed by atoms with Gasteiger partial charge in [0, 0.05) is 27.0 Å². The number of hydrogen-bond acceptors (Lipinski definition) is 9. The van der Waals surface area contributed by atoms with Gasteiger partial charge in [0.15, 0.2) is 12.2 Å². The zero-order valence-electron chi connectivity index (χ0n) is 14.3. The summed E-state index contributed by atoms with van der Waals surface area (Å²) in [6.07, 6.45) is -0.708. The minimum Gasteiger partial charge on any atom is -0.465 e. The molecule has 0 saturated carbocycles. The van der Waals surface area contributed by atoms with E-state index in [1.165, 1.54) is 27.0 Å². The molecule has 0 spiro atoms. The third-order valence-electron chi connectivity index (χ3n) is 3.52. The maximum Gasteiger partial charge on any atom is 0.325 e. The fourth-order valence-corrected chi connectivity index (χ4v) is 4.17. The first kappa shape index (κ1) is 19.8. The van der Waals surface area contributed by atoms with Crippen LogP contribution in [0.3, 0.4) is 0 Å². The summed E-state index contributed by atoms with van der Waals surface area (Å²) in [6.45, 7) is 3.50. The Balaban J connectivity index is 2.41. The summed E-state index contributed by atoms with van der Waals surface area (Å²) in [7, 11) is 0. The van der Waals surface area contributed by atoms with Crippen LogP contribution in [0.15, 0.2) is 15.8 Å². The van der Waals surface area contributed by atoms with Crippen molar-refractivity contribution < 1.29 is 28.6 Å². The molecule has 1 aliphatic heterocycles. The third-order valence-corrected chi connectivity index (χ3v) is 5.09. The number of H-pyrrole nitrogens is 2. The van der Waals surface area contributed by atoms with Crippen LogP contribution in [-0.4, -0.2) is 51.9 Å². The standard InChI is InChI=1S/C15H18N2O8S/c1-6(18)23-5-10-11(24-7(2)19)12(25-8(3)20)13(26-10)9-4-16-15(22)17-14(9)21/h4,10-13H,5H2,1-3H3,(H2,16,17,21,22)/t10-,11-,12-,13?/m1/s1. The lowest BCUT2D eigenvalue weighted by molar-refractivity contribution is -0.165. The molecular weight excluding hydrogens is 368 g/mol. The van der Waals surface area contributed by atoms with Gasteiger partial charge in [0.2, 0.25) is 0 Å². The smallest absolute Gasteiger partial charge is 0.325 e. The van der Waals surface area contributed by atoms with Crippen LogP contribution >= 0.6 is 11.8 Å². The lowest BCUT2D eigenvalue weighted by Gasteiger charge is -2.24.